The molecule has 1 fully saturated rings. The maximum atomic E-state index is 13.9. The molecule has 1 aliphatic carbocycles. The SMILES string of the molecule is CCC(C)Oc1cc2c(cc1OC)CC(=O)N(c1ccc(C(C)N(CC3CCCCC3)C(C)=O)cc1)C2c1ccc(Cl)cc1. The van der Waals surface area contributed by atoms with Gasteiger partial charge in [-0.15, -0.1) is 0 Å². The van der Waals surface area contributed by atoms with Crippen LogP contribution in [0, 0.1) is 5.92 Å². The minimum Gasteiger partial charge on any atom is -0.493 e. The fraction of sp³-hybridized carbons (Fsp3) is 0.459. The summed E-state index contributed by atoms with van der Waals surface area (Å²) in [6.07, 6.45) is 7.29. The lowest BCUT2D eigenvalue weighted by atomic mass is 9.86. The first-order chi connectivity index (χ1) is 21.2. The topological polar surface area (TPSA) is 59.1 Å². The van der Waals surface area contributed by atoms with Gasteiger partial charge < -0.3 is 19.3 Å². The third-order valence-electron chi connectivity index (χ3n) is 9.38. The standard InChI is InChI=1S/C37H45ClN2O4/c1-6-24(2)44-35-22-33-30(20-34(35)43-5)21-36(42)40(37(33)29-12-16-31(38)17-13-29)32-18-14-28(15-19-32)25(3)39(26(4)41)23-27-10-8-7-9-11-27/h12-20,22,24-25,27,37H,6-11,21,23H2,1-5H3. The van der Waals surface area contributed by atoms with E-state index in [1.165, 1.54) is 32.1 Å². The summed E-state index contributed by atoms with van der Waals surface area (Å²) in [6, 6.07) is 19.4. The summed E-state index contributed by atoms with van der Waals surface area (Å²) in [5, 5.41) is 0.639. The van der Waals surface area contributed by atoms with Gasteiger partial charge in [-0.25, -0.2) is 0 Å². The van der Waals surface area contributed by atoms with Crippen LogP contribution in [0.1, 0.15) is 101 Å². The van der Waals surface area contributed by atoms with Gasteiger partial charge >= 0.3 is 0 Å². The minimum atomic E-state index is -0.378. The largest absolute Gasteiger partial charge is 0.493 e. The molecule has 0 saturated heterocycles. The van der Waals surface area contributed by atoms with Crippen LogP contribution in [-0.4, -0.2) is 36.5 Å². The van der Waals surface area contributed by atoms with Crippen LogP contribution in [0.2, 0.25) is 5.02 Å². The van der Waals surface area contributed by atoms with Crippen LogP contribution in [-0.2, 0) is 16.0 Å². The van der Waals surface area contributed by atoms with E-state index < -0.39 is 0 Å². The fourth-order valence-electron chi connectivity index (χ4n) is 6.68. The maximum absolute atomic E-state index is 13.9. The first-order valence-corrected chi connectivity index (χ1v) is 16.4. The highest BCUT2D eigenvalue weighted by molar-refractivity contribution is 6.30. The molecule has 2 aliphatic rings. The Balaban J connectivity index is 1.51. The summed E-state index contributed by atoms with van der Waals surface area (Å²) in [5.41, 5.74) is 4.74. The molecule has 0 aromatic heterocycles. The highest BCUT2D eigenvalue weighted by atomic mass is 35.5. The highest BCUT2D eigenvalue weighted by Crippen LogP contribution is 2.44. The monoisotopic (exact) mass is 616 g/mol. The van der Waals surface area contributed by atoms with Crippen LogP contribution in [0.25, 0.3) is 0 Å². The zero-order valence-corrected chi connectivity index (χ0v) is 27.4. The van der Waals surface area contributed by atoms with Gasteiger partial charge in [0.2, 0.25) is 11.8 Å². The van der Waals surface area contributed by atoms with Crippen molar-refractivity contribution in [3.05, 3.63) is 87.9 Å². The molecule has 1 saturated carbocycles. The number of anilines is 1. The predicted octanol–water partition coefficient (Wildman–Crippen LogP) is 8.69. The maximum Gasteiger partial charge on any atom is 0.232 e. The molecule has 1 heterocycles. The summed E-state index contributed by atoms with van der Waals surface area (Å²) >= 11 is 6.28. The predicted molar refractivity (Wildman–Crippen MR) is 177 cm³/mol. The highest BCUT2D eigenvalue weighted by Gasteiger charge is 2.36. The number of methoxy groups -OCH3 is 1. The molecule has 0 radical (unpaired) electrons. The molecule has 234 valence electrons. The first-order valence-electron chi connectivity index (χ1n) is 16.0. The van der Waals surface area contributed by atoms with Gasteiger partial charge in [-0.05, 0) is 97.7 Å². The fourth-order valence-corrected chi connectivity index (χ4v) is 6.80. The smallest absolute Gasteiger partial charge is 0.232 e. The minimum absolute atomic E-state index is 0.00134. The lowest BCUT2D eigenvalue weighted by Gasteiger charge is -2.38. The summed E-state index contributed by atoms with van der Waals surface area (Å²) in [7, 11) is 1.63. The molecule has 3 atom stereocenters. The normalized spacial score (nSPS) is 18.4. The number of fused-ring (bicyclic) bond motifs is 1. The number of benzene rings is 3. The van der Waals surface area contributed by atoms with Gasteiger partial charge in [-0.3, -0.25) is 9.59 Å². The van der Waals surface area contributed by atoms with Crippen molar-refractivity contribution >= 4 is 29.1 Å². The van der Waals surface area contributed by atoms with Crippen molar-refractivity contribution in [2.24, 2.45) is 5.92 Å². The number of ether oxygens (including phenoxy) is 2. The van der Waals surface area contributed by atoms with Crippen molar-refractivity contribution in [2.45, 2.75) is 90.8 Å². The first kappa shape index (κ1) is 31.9. The Morgan fingerprint density at radius 2 is 1.68 bits per heavy atom. The molecule has 0 spiro atoms. The van der Waals surface area contributed by atoms with Crippen LogP contribution < -0.4 is 14.4 Å². The second-order valence-corrected chi connectivity index (χ2v) is 12.8. The van der Waals surface area contributed by atoms with E-state index in [0.29, 0.717) is 22.4 Å². The molecule has 0 N–H and O–H groups in total. The zero-order valence-electron chi connectivity index (χ0n) is 26.6. The summed E-state index contributed by atoms with van der Waals surface area (Å²) in [6.45, 7) is 8.69. The van der Waals surface area contributed by atoms with Gasteiger partial charge in [0.15, 0.2) is 11.5 Å². The lowest BCUT2D eigenvalue weighted by molar-refractivity contribution is -0.132. The summed E-state index contributed by atoms with van der Waals surface area (Å²) in [5.74, 6) is 1.96. The molecule has 3 aromatic carbocycles. The Hall–Kier alpha value is -3.51. The average molecular weight is 617 g/mol. The molecular weight excluding hydrogens is 572 g/mol. The number of hydrogen-bond acceptors (Lipinski definition) is 4. The number of carbonyl (C=O) groups excluding carboxylic acids is 2. The molecule has 3 unspecified atom stereocenters. The van der Waals surface area contributed by atoms with Crippen molar-refractivity contribution in [3.8, 4) is 11.5 Å². The second-order valence-electron chi connectivity index (χ2n) is 12.4. The Bertz CT molecular complexity index is 1450. The lowest BCUT2D eigenvalue weighted by Crippen LogP contribution is -2.41. The molecule has 44 heavy (non-hydrogen) atoms. The van der Waals surface area contributed by atoms with Gasteiger partial charge in [0, 0.05) is 24.2 Å². The van der Waals surface area contributed by atoms with E-state index in [-0.39, 0.29) is 36.4 Å². The summed E-state index contributed by atoms with van der Waals surface area (Å²) < 4.78 is 12.0. The Morgan fingerprint density at radius 3 is 2.30 bits per heavy atom. The van der Waals surface area contributed by atoms with Crippen LogP contribution in [0.15, 0.2) is 60.7 Å². The van der Waals surface area contributed by atoms with E-state index in [2.05, 4.69) is 26.0 Å². The Morgan fingerprint density at radius 1 is 1.00 bits per heavy atom. The van der Waals surface area contributed by atoms with E-state index in [9.17, 15) is 9.59 Å². The van der Waals surface area contributed by atoms with Crippen LogP contribution in [0.3, 0.4) is 0 Å². The number of nitrogens with zero attached hydrogens (tertiary/aromatic N) is 2. The molecule has 0 bridgehead atoms. The van der Waals surface area contributed by atoms with E-state index in [1.807, 2.05) is 65.3 Å². The number of halogens is 1. The molecule has 6 nitrogen and oxygen atoms in total. The van der Waals surface area contributed by atoms with Gasteiger partial charge in [-0.1, -0.05) is 62.1 Å². The van der Waals surface area contributed by atoms with Crippen LogP contribution in [0.5, 0.6) is 11.5 Å². The third kappa shape index (κ3) is 6.91. The van der Waals surface area contributed by atoms with Crippen LogP contribution in [0.4, 0.5) is 5.69 Å². The molecule has 2 amide bonds. The number of hydrogen-bond donors (Lipinski definition) is 0. The van der Waals surface area contributed by atoms with Crippen molar-refractivity contribution < 1.29 is 19.1 Å². The second kappa shape index (κ2) is 14.1. The average Bonchev–Trinajstić information content (AvgIpc) is 3.03. The Kier molecular flexibility index (Phi) is 10.2. The molecule has 7 heteroatoms. The molecule has 1 aliphatic heterocycles. The van der Waals surface area contributed by atoms with E-state index in [0.717, 1.165) is 40.9 Å². The molecule has 3 aromatic rings. The quantitative estimate of drug-likeness (QED) is 0.229. The van der Waals surface area contributed by atoms with E-state index >= 15 is 0 Å². The number of carbonyl (C=O) groups is 2. The summed E-state index contributed by atoms with van der Waals surface area (Å²) in [4.78, 5) is 30.6. The third-order valence-corrected chi connectivity index (χ3v) is 9.63. The van der Waals surface area contributed by atoms with Gasteiger partial charge in [0.25, 0.3) is 0 Å². The van der Waals surface area contributed by atoms with Gasteiger partial charge in [-0.2, -0.15) is 0 Å². The van der Waals surface area contributed by atoms with Crippen molar-refractivity contribution in [3.63, 3.8) is 0 Å². The van der Waals surface area contributed by atoms with Crippen molar-refractivity contribution in [1.82, 2.24) is 4.90 Å². The number of amides is 2. The van der Waals surface area contributed by atoms with Crippen LogP contribution >= 0.6 is 11.6 Å². The molecular formula is C37H45ClN2O4. The van der Waals surface area contributed by atoms with E-state index in [4.69, 9.17) is 21.1 Å². The van der Waals surface area contributed by atoms with Crippen molar-refractivity contribution in [2.75, 3.05) is 18.6 Å². The van der Waals surface area contributed by atoms with Gasteiger partial charge in [0.1, 0.15) is 0 Å². The molecule has 5 rings (SSSR count). The number of rotatable bonds is 10. The van der Waals surface area contributed by atoms with E-state index in [1.54, 1.807) is 14.0 Å². The van der Waals surface area contributed by atoms with Gasteiger partial charge in [0.05, 0.1) is 31.7 Å². The van der Waals surface area contributed by atoms with Crippen molar-refractivity contribution in [1.29, 1.82) is 0 Å². The Labute approximate surface area is 267 Å². The zero-order chi connectivity index (χ0) is 31.4.